The number of piperidine rings is 1. The zero-order valence-electron chi connectivity index (χ0n) is 10.7. The highest BCUT2D eigenvalue weighted by atomic mass is 16.3. The summed E-state index contributed by atoms with van der Waals surface area (Å²) in [5, 5.41) is 12.8. The van der Waals surface area contributed by atoms with E-state index in [4.69, 9.17) is 0 Å². The SMILES string of the molecule is CN1CCCC(CC2CNC(C)(CO)C2)C1. The molecule has 2 rings (SSSR count). The molecule has 2 aliphatic heterocycles. The van der Waals surface area contributed by atoms with E-state index in [1.165, 1.54) is 32.4 Å². The summed E-state index contributed by atoms with van der Waals surface area (Å²) in [5.41, 5.74) is -0.00870. The van der Waals surface area contributed by atoms with E-state index in [-0.39, 0.29) is 12.1 Å². The Morgan fingerprint density at radius 2 is 2.25 bits per heavy atom. The van der Waals surface area contributed by atoms with Gasteiger partial charge in [-0.2, -0.15) is 0 Å². The maximum atomic E-state index is 9.32. The maximum absolute atomic E-state index is 9.32. The van der Waals surface area contributed by atoms with E-state index in [0.717, 1.165) is 24.8 Å². The Morgan fingerprint density at radius 3 is 2.88 bits per heavy atom. The predicted molar refractivity (Wildman–Crippen MR) is 66.4 cm³/mol. The van der Waals surface area contributed by atoms with Crippen LogP contribution in [0.3, 0.4) is 0 Å². The molecule has 0 saturated carbocycles. The Bertz CT molecular complexity index is 234. The minimum Gasteiger partial charge on any atom is -0.394 e. The number of rotatable bonds is 3. The van der Waals surface area contributed by atoms with Crippen LogP contribution in [-0.4, -0.2) is 48.8 Å². The van der Waals surface area contributed by atoms with Crippen molar-refractivity contribution in [3.8, 4) is 0 Å². The average molecular weight is 226 g/mol. The number of hydrogen-bond donors (Lipinski definition) is 2. The van der Waals surface area contributed by atoms with E-state index in [0.29, 0.717) is 0 Å². The first-order valence-electron chi connectivity index (χ1n) is 6.66. The van der Waals surface area contributed by atoms with Crippen LogP contribution in [0.4, 0.5) is 0 Å². The second kappa shape index (κ2) is 5.03. The normalized spacial score (nSPS) is 41.4. The lowest BCUT2D eigenvalue weighted by Crippen LogP contribution is -2.39. The Hall–Kier alpha value is -0.120. The van der Waals surface area contributed by atoms with Crippen molar-refractivity contribution in [1.82, 2.24) is 10.2 Å². The lowest BCUT2D eigenvalue weighted by Gasteiger charge is -2.31. The van der Waals surface area contributed by atoms with Crippen LogP contribution in [-0.2, 0) is 0 Å². The van der Waals surface area contributed by atoms with Crippen molar-refractivity contribution >= 4 is 0 Å². The molecule has 0 aromatic heterocycles. The van der Waals surface area contributed by atoms with Crippen molar-refractivity contribution in [3.05, 3.63) is 0 Å². The summed E-state index contributed by atoms with van der Waals surface area (Å²) in [4.78, 5) is 2.46. The fourth-order valence-electron chi connectivity index (χ4n) is 3.40. The summed E-state index contributed by atoms with van der Waals surface area (Å²) in [6.07, 6.45) is 5.24. The van der Waals surface area contributed by atoms with Crippen LogP contribution < -0.4 is 5.32 Å². The first kappa shape index (κ1) is 12.3. The second-order valence-electron chi connectivity index (χ2n) is 6.18. The van der Waals surface area contributed by atoms with Crippen molar-refractivity contribution in [1.29, 1.82) is 0 Å². The molecule has 3 unspecified atom stereocenters. The number of hydrogen-bond acceptors (Lipinski definition) is 3. The van der Waals surface area contributed by atoms with Gasteiger partial charge in [0.15, 0.2) is 0 Å². The Kier molecular flexibility index (Phi) is 3.88. The van der Waals surface area contributed by atoms with E-state index in [1.807, 2.05) is 0 Å². The van der Waals surface area contributed by atoms with Crippen molar-refractivity contribution in [2.24, 2.45) is 11.8 Å². The summed E-state index contributed by atoms with van der Waals surface area (Å²) in [5.74, 6) is 1.65. The molecule has 0 aromatic carbocycles. The van der Waals surface area contributed by atoms with Gasteiger partial charge in [0.05, 0.1) is 6.61 Å². The molecule has 3 atom stereocenters. The van der Waals surface area contributed by atoms with Crippen LogP contribution in [0.2, 0.25) is 0 Å². The molecule has 2 N–H and O–H groups in total. The van der Waals surface area contributed by atoms with Gasteiger partial charge in [-0.15, -0.1) is 0 Å². The van der Waals surface area contributed by atoms with Crippen LogP contribution in [0.1, 0.15) is 32.6 Å². The Morgan fingerprint density at radius 1 is 1.44 bits per heavy atom. The first-order chi connectivity index (χ1) is 7.61. The zero-order chi connectivity index (χ0) is 11.6. The third-order valence-corrected chi connectivity index (χ3v) is 4.29. The summed E-state index contributed by atoms with van der Waals surface area (Å²) in [6.45, 7) is 6.05. The molecule has 2 fully saturated rings. The minimum atomic E-state index is -0.00870. The second-order valence-corrected chi connectivity index (χ2v) is 6.18. The fourth-order valence-corrected chi connectivity index (χ4v) is 3.40. The molecule has 2 heterocycles. The minimum absolute atomic E-state index is 0.00870. The van der Waals surface area contributed by atoms with Gasteiger partial charge in [-0.25, -0.2) is 0 Å². The number of likely N-dealkylation sites (tertiary alicyclic amines) is 1. The number of aliphatic hydroxyl groups is 1. The highest BCUT2D eigenvalue weighted by molar-refractivity contribution is 4.93. The molecular weight excluding hydrogens is 200 g/mol. The van der Waals surface area contributed by atoms with Crippen LogP contribution in [0.15, 0.2) is 0 Å². The highest BCUT2D eigenvalue weighted by Gasteiger charge is 2.35. The van der Waals surface area contributed by atoms with Crippen molar-refractivity contribution < 1.29 is 5.11 Å². The van der Waals surface area contributed by atoms with Crippen LogP contribution in [0.5, 0.6) is 0 Å². The van der Waals surface area contributed by atoms with Gasteiger partial charge >= 0.3 is 0 Å². The molecule has 0 spiro atoms. The van der Waals surface area contributed by atoms with Crippen LogP contribution >= 0.6 is 0 Å². The van der Waals surface area contributed by atoms with E-state index in [2.05, 4.69) is 24.2 Å². The number of nitrogens with zero attached hydrogens (tertiary/aromatic N) is 1. The zero-order valence-corrected chi connectivity index (χ0v) is 10.7. The van der Waals surface area contributed by atoms with Gasteiger partial charge in [0.2, 0.25) is 0 Å². The maximum Gasteiger partial charge on any atom is 0.0610 e. The van der Waals surface area contributed by atoms with E-state index >= 15 is 0 Å². The van der Waals surface area contributed by atoms with Crippen molar-refractivity contribution in [2.45, 2.75) is 38.1 Å². The van der Waals surface area contributed by atoms with Gasteiger partial charge in [0.25, 0.3) is 0 Å². The molecule has 0 amide bonds. The predicted octanol–water partition coefficient (Wildman–Crippen LogP) is 1.08. The van der Waals surface area contributed by atoms with Crippen molar-refractivity contribution in [2.75, 3.05) is 33.3 Å². The van der Waals surface area contributed by atoms with Gasteiger partial charge < -0.3 is 15.3 Å². The number of nitrogens with one attached hydrogen (secondary N) is 1. The van der Waals surface area contributed by atoms with Gasteiger partial charge in [-0.3, -0.25) is 0 Å². The largest absolute Gasteiger partial charge is 0.394 e. The molecule has 2 saturated heterocycles. The van der Waals surface area contributed by atoms with Gasteiger partial charge in [0.1, 0.15) is 0 Å². The standard InChI is InChI=1S/C13H26N2O/c1-13(10-16)7-12(8-14-13)6-11-4-3-5-15(2)9-11/h11-12,14,16H,3-10H2,1-2H3. The topological polar surface area (TPSA) is 35.5 Å². The smallest absolute Gasteiger partial charge is 0.0610 e. The molecular formula is C13H26N2O. The monoisotopic (exact) mass is 226 g/mol. The molecule has 0 radical (unpaired) electrons. The number of aliphatic hydroxyl groups excluding tert-OH is 1. The molecule has 16 heavy (non-hydrogen) atoms. The average Bonchev–Trinajstić information content (AvgIpc) is 2.61. The Balaban J connectivity index is 1.78. The van der Waals surface area contributed by atoms with E-state index in [9.17, 15) is 5.11 Å². The Labute approximate surface area is 99.2 Å². The third kappa shape index (κ3) is 2.96. The van der Waals surface area contributed by atoms with E-state index < -0.39 is 0 Å². The molecule has 0 aliphatic carbocycles. The van der Waals surface area contributed by atoms with E-state index in [1.54, 1.807) is 0 Å². The van der Waals surface area contributed by atoms with Gasteiger partial charge in [-0.05, 0) is 64.6 Å². The first-order valence-corrected chi connectivity index (χ1v) is 6.66. The van der Waals surface area contributed by atoms with Gasteiger partial charge in [-0.1, -0.05) is 0 Å². The summed E-state index contributed by atoms with van der Waals surface area (Å²) < 4.78 is 0. The van der Waals surface area contributed by atoms with Crippen LogP contribution in [0.25, 0.3) is 0 Å². The molecule has 3 nitrogen and oxygen atoms in total. The highest BCUT2D eigenvalue weighted by Crippen LogP contribution is 2.31. The molecule has 0 bridgehead atoms. The summed E-state index contributed by atoms with van der Waals surface area (Å²) >= 11 is 0. The lowest BCUT2D eigenvalue weighted by atomic mass is 9.85. The molecule has 3 heteroatoms. The molecule has 2 aliphatic rings. The van der Waals surface area contributed by atoms with Crippen molar-refractivity contribution in [3.63, 3.8) is 0 Å². The lowest BCUT2D eigenvalue weighted by molar-refractivity contribution is 0.173. The summed E-state index contributed by atoms with van der Waals surface area (Å²) in [7, 11) is 2.23. The van der Waals surface area contributed by atoms with Crippen LogP contribution in [0, 0.1) is 11.8 Å². The molecule has 94 valence electrons. The quantitative estimate of drug-likeness (QED) is 0.756. The fraction of sp³-hybridized carbons (Fsp3) is 1.00. The summed E-state index contributed by atoms with van der Waals surface area (Å²) in [6, 6.07) is 0. The van der Waals surface area contributed by atoms with Gasteiger partial charge in [0, 0.05) is 12.1 Å². The third-order valence-electron chi connectivity index (χ3n) is 4.29. The molecule has 0 aromatic rings.